The first-order chi connectivity index (χ1) is 8.88. The Balaban J connectivity index is 2.49. The smallest absolute Gasteiger partial charge is 0.323 e. The summed E-state index contributed by atoms with van der Waals surface area (Å²) >= 11 is 5.71. The molecule has 1 aromatic rings. The second-order valence-corrected chi connectivity index (χ2v) is 5.58. The van der Waals surface area contributed by atoms with E-state index in [4.69, 9.17) is 20.9 Å². The Morgan fingerprint density at radius 2 is 2.11 bits per heavy atom. The van der Waals surface area contributed by atoms with Crippen molar-refractivity contribution in [1.29, 1.82) is 0 Å². The molecule has 1 heterocycles. The lowest BCUT2D eigenvalue weighted by molar-refractivity contribution is -0.148. The van der Waals surface area contributed by atoms with Crippen LogP contribution in [-0.2, 0) is 14.1 Å². The summed E-state index contributed by atoms with van der Waals surface area (Å²) in [7, 11) is -2.64. The van der Waals surface area contributed by atoms with Gasteiger partial charge in [-0.15, -0.1) is 0 Å². The fourth-order valence-corrected chi connectivity index (χ4v) is 2.17. The molecule has 0 aliphatic heterocycles. The van der Waals surface area contributed by atoms with E-state index in [1.807, 2.05) is 0 Å². The summed E-state index contributed by atoms with van der Waals surface area (Å²) in [6.07, 6.45) is 2.59. The van der Waals surface area contributed by atoms with E-state index >= 15 is 0 Å². The van der Waals surface area contributed by atoms with Gasteiger partial charge in [-0.2, -0.15) is 0 Å². The van der Waals surface area contributed by atoms with Crippen molar-refractivity contribution in [2.45, 2.75) is 32.9 Å². The van der Waals surface area contributed by atoms with Gasteiger partial charge in [-0.05, 0) is 20.8 Å². The van der Waals surface area contributed by atoms with Crippen molar-refractivity contribution in [3.05, 3.63) is 23.5 Å². The van der Waals surface area contributed by atoms with Gasteiger partial charge >= 0.3 is 14.1 Å². The molecule has 1 aromatic heterocycles. The number of esters is 1. The third-order valence-corrected chi connectivity index (χ3v) is 3.23. The Bertz CT molecular complexity index is 470. The summed E-state index contributed by atoms with van der Waals surface area (Å²) in [6, 6.07) is 0.761. The second-order valence-electron chi connectivity index (χ2n) is 4.08. The quantitative estimate of drug-likeness (QED) is 0.642. The van der Waals surface area contributed by atoms with Gasteiger partial charge in [-0.1, -0.05) is 11.6 Å². The number of nitrogens with zero attached hydrogens (tertiary/aromatic N) is 1. The average molecular weight is 307 g/mol. The lowest BCUT2D eigenvalue weighted by Crippen LogP contribution is -2.33. The highest BCUT2D eigenvalue weighted by molar-refractivity contribution is 7.37. The van der Waals surface area contributed by atoms with Gasteiger partial charge in [-0.3, -0.25) is 14.3 Å². The molecule has 0 radical (unpaired) electrons. The molecular formula is C11H16ClN2O4P. The van der Waals surface area contributed by atoms with Crippen LogP contribution in [0.25, 0.3) is 0 Å². The number of aromatic nitrogens is 1. The molecule has 0 aliphatic rings. The molecule has 0 saturated carbocycles. The van der Waals surface area contributed by atoms with Gasteiger partial charge in [0.25, 0.3) is 0 Å². The van der Waals surface area contributed by atoms with Crippen molar-refractivity contribution in [3.8, 4) is 5.75 Å². The summed E-state index contributed by atoms with van der Waals surface area (Å²) < 4.78 is 21.8. The number of hydrogen-bond acceptors (Lipinski definition) is 5. The fraction of sp³-hybridized carbons (Fsp3) is 0.455. The summed E-state index contributed by atoms with van der Waals surface area (Å²) in [5, 5.41) is 2.91. The fourth-order valence-electron chi connectivity index (χ4n) is 1.15. The van der Waals surface area contributed by atoms with Crippen molar-refractivity contribution >= 4 is 25.7 Å². The van der Waals surface area contributed by atoms with Crippen LogP contribution in [0, 0.1) is 0 Å². The number of carbonyl (C=O) groups is 1. The number of rotatable bonds is 6. The largest absolute Gasteiger partial charge is 0.462 e. The molecule has 1 unspecified atom stereocenters. The number of nitrogens with one attached hydrogen (secondary N) is 1. The van der Waals surface area contributed by atoms with Gasteiger partial charge in [-0.25, -0.2) is 5.09 Å². The highest BCUT2D eigenvalue weighted by Gasteiger charge is 2.18. The molecule has 1 rings (SSSR count). The Morgan fingerprint density at radius 3 is 2.68 bits per heavy atom. The van der Waals surface area contributed by atoms with Gasteiger partial charge in [0.2, 0.25) is 0 Å². The van der Waals surface area contributed by atoms with Crippen molar-refractivity contribution in [1.82, 2.24) is 10.1 Å². The molecule has 0 bridgehead atoms. The van der Waals surface area contributed by atoms with E-state index in [1.165, 1.54) is 18.5 Å². The molecular weight excluding hydrogens is 291 g/mol. The predicted molar refractivity (Wildman–Crippen MR) is 72.7 cm³/mol. The minimum absolute atomic E-state index is 0.225. The van der Waals surface area contributed by atoms with Gasteiger partial charge in [0, 0.05) is 12.3 Å². The lowest BCUT2D eigenvalue weighted by atomic mass is 10.4. The zero-order chi connectivity index (χ0) is 14.4. The van der Waals surface area contributed by atoms with Gasteiger partial charge < -0.3 is 9.26 Å². The van der Waals surface area contributed by atoms with Crippen LogP contribution < -0.4 is 9.61 Å². The van der Waals surface area contributed by atoms with Crippen LogP contribution in [0.1, 0.15) is 20.8 Å². The molecule has 0 amide bonds. The first-order valence-corrected chi connectivity index (χ1v) is 7.37. The molecule has 19 heavy (non-hydrogen) atoms. The molecule has 106 valence electrons. The van der Waals surface area contributed by atoms with Gasteiger partial charge in [0.15, 0.2) is 0 Å². The molecule has 6 nitrogen and oxygen atoms in total. The SMILES string of the molecule is CC(C)OC(=O)[C@H](C)N[PH](=O)Oc1cncc(Cl)c1. The van der Waals surface area contributed by atoms with Crippen molar-refractivity contribution in [2.75, 3.05) is 0 Å². The molecule has 0 spiro atoms. The van der Waals surface area contributed by atoms with E-state index in [0.29, 0.717) is 5.02 Å². The van der Waals surface area contributed by atoms with E-state index in [0.717, 1.165) is 0 Å². The number of ether oxygens (including phenoxy) is 1. The van der Waals surface area contributed by atoms with Gasteiger partial charge in [0.05, 0.1) is 17.3 Å². The van der Waals surface area contributed by atoms with E-state index in [1.54, 1.807) is 20.8 Å². The highest BCUT2D eigenvalue weighted by atomic mass is 35.5. The third kappa shape index (κ3) is 6.05. The number of carbonyl (C=O) groups excluding carboxylic acids is 1. The Morgan fingerprint density at radius 1 is 1.42 bits per heavy atom. The third-order valence-electron chi connectivity index (χ3n) is 1.93. The second kappa shape index (κ2) is 7.48. The molecule has 1 N–H and O–H groups in total. The van der Waals surface area contributed by atoms with E-state index in [2.05, 4.69) is 10.1 Å². The molecule has 2 atom stereocenters. The van der Waals surface area contributed by atoms with Crippen LogP contribution in [0.15, 0.2) is 18.5 Å². The first-order valence-electron chi connectivity index (χ1n) is 5.68. The van der Waals surface area contributed by atoms with E-state index < -0.39 is 20.2 Å². The van der Waals surface area contributed by atoms with Crippen LogP contribution in [0.4, 0.5) is 0 Å². The van der Waals surface area contributed by atoms with Crippen molar-refractivity contribution in [3.63, 3.8) is 0 Å². The number of hydrogen-bond donors (Lipinski definition) is 1. The maximum atomic E-state index is 11.7. The topological polar surface area (TPSA) is 77.5 Å². The molecule has 8 heteroatoms. The summed E-state index contributed by atoms with van der Waals surface area (Å²) in [4.78, 5) is 15.3. The van der Waals surface area contributed by atoms with Crippen molar-refractivity contribution < 1.29 is 18.6 Å². The normalized spacial score (nSPS) is 13.9. The lowest BCUT2D eigenvalue weighted by Gasteiger charge is -2.15. The van der Waals surface area contributed by atoms with Crippen LogP contribution in [0.3, 0.4) is 0 Å². The van der Waals surface area contributed by atoms with Crippen LogP contribution in [0.2, 0.25) is 5.02 Å². The maximum Gasteiger partial charge on any atom is 0.323 e. The summed E-state index contributed by atoms with van der Waals surface area (Å²) in [5.41, 5.74) is 0. The van der Waals surface area contributed by atoms with E-state index in [9.17, 15) is 9.36 Å². The monoisotopic (exact) mass is 306 g/mol. The Hall–Kier alpha value is -1.10. The van der Waals surface area contributed by atoms with Crippen LogP contribution in [0.5, 0.6) is 5.75 Å². The summed E-state index contributed by atoms with van der Waals surface area (Å²) in [5.74, 6) is -0.213. The van der Waals surface area contributed by atoms with Crippen molar-refractivity contribution in [2.24, 2.45) is 0 Å². The predicted octanol–water partition coefficient (Wildman–Crippen LogP) is 2.43. The summed E-state index contributed by atoms with van der Waals surface area (Å²) in [6.45, 7) is 5.02. The number of pyridine rings is 1. The van der Waals surface area contributed by atoms with Gasteiger partial charge in [0.1, 0.15) is 11.8 Å². The van der Waals surface area contributed by atoms with Crippen LogP contribution in [-0.4, -0.2) is 23.1 Å². The molecule has 0 aliphatic carbocycles. The first kappa shape index (κ1) is 16.0. The highest BCUT2D eigenvalue weighted by Crippen LogP contribution is 2.25. The molecule has 0 aromatic carbocycles. The minimum atomic E-state index is -2.64. The standard InChI is InChI=1S/C11H16ClN2O4P/c1-7(2)17-11(15)8(3)14-19(16)18-10-4-9(12)5-13-6-10/h4-8,19H,1-3H3,(H,14,16)/t8-/m0/s1. The zero-order valence-electron chi connectivity index (χ0n) is 10.8. The average Bonchev–Trinajstić information content (AvgIpc) is 2.27. The minimum Gasteiger partial charge on any atom is -0.462 e. The maximum absolute atomic E-state index is 11.7. The van der Waals surface area contributed by atoms with Crippen LogP contribution >= 0.6 is 19.8 Å². The zero-order valence-corrected chi connectivity index (χ0v) is 12.6. The Labute approximate surface area is 117 Å². The number of halogens is 1. The Kier molecular flexibility index (Phi) is 6.28. The molecule has 0 fully saturated rings. The van der Waals surface area contributed by atoms with E-state index in [-0.39, 0.29) is 11.9 Å². The molecule has 0 saturated heterocycles.